The lowest BCUT2D eigenvalue weighted by Crippen LogP contribution is -2.11. The van der Waals surface area contributed by atoms with Crippen LogP contribution in [0, 0.1) is 0 Å². The predicted octanol–water partition coefficient (Wildman–Crippen LogP) is 1.67. The molecule has 1 aromatic carbocycles. The summed E-state index contributed by atoms with van der Waals surface area (Å²) in [5.41, 5.74) is 2.40. The molecule has 0 saturated carbocycles. The smallest absolute Gasteiger partial charge is 0.0650 e. The van der Waals surface area contributed by atoms with Crippen molar-refractivity contribution in [2.24, 2.45) is 0 Å². The molecule has 0 aliphatic carbocycles. The molecule has 0 aliphatic heterocycles. The lowest BCUT2D eigenvalue weighted by Gasteiger charge is -2.01. The molecule has 0 spiro atoms. The molecule has 0 aliphatic rings. The molecule has 0 amide bonds. The van der Waals surface area contributed by atoms with E-state index in [0.29, 0.717) is 0 Å². The van der Waals surface area contributed by atoms with Gasteiger partial charge in [0.05, 0.1) is 11.7 Å². The molecule has 3 nitrogen and oxygen atoms in total. The van der Waals surface area contributed by atoms with E-state index in [1.165, 1.54) is 10.9 Å². The molecule has 1 aromatic heterocycles. The number of aromatic nitrogens is 2. The van der Waals surface area contributed by atoms with Crippen LogP contribution in [0.25, 0.3) is 10.9 Å². The molecule has 0 unspecified atom stereocenters. The second kappa shape index (κ2) is 3.58. The topological polar surface area (TPSA) is 40.7 Å². The number of benzene rings is 1. The first-order valence-electron chi connectivity index (χ1n) is 4.53. The maximum Gasteiger partial charge on any atom is 0.0650 e. The zero-order valence-electron chi connectivity index (χ0n) is 7.67. The molecule has 2 N–H and O–H groups in total. The van der Waals surface area contributed by atoms with E-state index in [2.05, 4.69) is 40.6 Å². The summed E-state index contributed by atoms with van der Waals surface area (Å²) in [6.45, 7) is 4.04. The van der Waals surface area contributed by atoms with Crippen LogP contribution in [-0.4, -0.2) is 16.7 Å². The van der Waals surface area contributed by atoms with Crippen LogP contribution in [0.15, 0.2) is 24.4 Å². The highest BCUT2D eigenvalue weighted by atomic mass is 15.1. The first-order chi connectivity index (χ1) is 6.40. The first-order valence-corrected chi connectivity index (χ1v) is 4.53. The van der Waals surface area contributed by atoms with Crippen molar-refractivity contribution in [3.63, 3.8) is 0 Å². The summed E-state index contributed by atoms with van der Waals surface area (Å²) >= 11 is 0. The number of hydrogen-bond acceptors (Lipinski definition) is 2. The second-order valence-electron chi connectivity index (χ2n) is 3.07. The molecule has 0 radical (unpaired) electrons. The van der Waals surface area contributed by atoms with Gasteiger partial charge in [-0.3, -0.25) is 5.10 Å². The maximum atomic E-state index is 3.98. The average molecular weight is 175 g/mol. The van der Waals surface area contributed by atoms with E-state index in [0.717, 1.165) is 18.6 Å². The molecule has 0 atom stereocenters. The van der Waals surface area contributed by atoms with Crippen molar-refractivity contribution in [2.45, 2.75) is 13.5 Å². The third kappa shape index (κ3) is 1.70. The van der Waals surface area contributed by atoms with E-state index in [9.17, 15) is 0 Å². The average Bonchev–Trinajstić information content (AvgIpc) is 2.61. The van der Waals surface area contributed by atoms with Crippen molar-refractivity contribution in [3.05, 3.63) is 30.0 Å². The van der Waals surface area contributed by atoms with Crippen molar-refractivity contribution in [2.75, 3.05) is 6.54 Å². The van der Waals surface area contributed by atoms with Gasteiger partial charge in [0.25, 0.3) is 0 Å². The number of H-pyrrole nitrogens is 1. The van der Waals surface area contributed by atoms with Gasteiger partial charge in [0.15, 0.2) is 0 Å². The summed E-state index contributed by atoms with van der Waals surface area (Å²) < 4.78 is 0. The molecule has 0 bridgehead atoms. The van der Waals surface area contributed by atoms with Crippen molar-refractivity contribution in [1.82, 2.24) is 15.5 Å². The normalized spacial score (nSPS) is 10.8. The Morgan fingerprint density at radius 3 is 3.23 bits per heavy atom. The summed E-state index contributed by atoms with van der Waals surface area (Å²) in [5, 5.41) is 11.4. The molecule has 3 heteroatoms. The number of aromatic amines is 1. The molecule has 68 valence electrons. The molecule has 13 heavy (non-hydrogen) atoms. The summed E-state index contributed by atoms with van der Waals surface area (Å²) in [7, 11) is 0. The standard InChI is InChI=1S/C10H13N3/c1-2-11-6-8-3-4-10-9(5-8)7-12-13-10/h3-5,7,11H,2,6H2,1H3,(H,12,13). The number of nitrogens with zero attached hydrogens (tertiary/aromatic N) is 1. The Balaban J connectivity index is 2.26. The van der Waals surface area contributed by atoms with Crippen molar-refractivity contribution in [3.8, 4) is 0 Å². The third-order valence-corrected chi connectivity index (χ3v) is 2.08. The van der Waals surface area contributed by atoms with Crippen LogP contribution in [-0.2, 0) is 6.54 Å². The summed E-state index contributed by atoms with van der Waals surface area (Å²) in [5.74, 6) is 0. The van der Waals surface area contributed by atoms with Crippen LogP contribution < -0.4 is 5.32 Å². The van der Waals surface area contributed by atoms with E-state index in [1.54, 1.807) is 0 Å². The van der Waals surface area contributed by atoms with Crippen molar-refractivity contribution in [1.29, 1.82) is 0 Å². The number of nitrogens with one attached hydrogen (secondary N) is 2. The lowest BCUT2D eigenvalue weighted by atomic mass is 10.1. The van der Waals surface area contributed by atoms with Crippen LogP contribution in [0.2, 0.25) is 0 Å². The quantitative estimate of drug-likeness (QED) is 0.745. The van der Waals surface area contributed by atoms with Gasteiger partial charge in [-0.2, -0.15) is 5.10 Å². The zero-order chi connectivity index (χ0) is 9.10. The van der Waals surface area contributed by atoms with Gasteiger partial charge < -0.3 is 5.32 Å². The Labute approximate surface area is 77.2 Å². The van der Waals surface area contributed by atoms with Gasteiger partial charge in [-0.1, -0.05) is 13.0 Å². The molecule has 1 heterocycles. The highest BCUT2D eigenvalue weighted by Gasteiger charge is 1.96. The van der Waals surface area contributed by atoms with Gasteiger partial charge in [0.2, 0.25) is 0 Å². The zero-order valence-corrected chi connectivity index (χ0v) is 7.67. The minimum Gasteiger partial charge on any atom is -0.313 e. The van der Waals surface area contributed by atoms with Gasteiger partial charge >= 0.3 is 0 Å². The summed E-state index contributed by atoms with van der Waals surface area (Å²) in [6, 6.07) is 6.33. The molecule has 0 saturated heterocycles. The van der Waals surface area contributed by atoms with Crippen LogP contribution >= 0.6 is 0 Å². The Hall–Kier alpha value is -1.35. The highest BCUT2D eigenvalue weighted by Crippen LogP contribution is 2.12. The van der Waals surface area contributed by atoms with Crippen LogP contribution in [0.3, 0.4) is 0 Å². The van der Waals surface area contributed by atoms with Crippen LogP contribution in [0.4, 0.5) is 0 Å². The molecule has 2 rings (SSSR count). The minimum absolute atomic E-state index is 0.928. The van der Waals surface area contributed by atoms with E-state index in [1.807, 2.05) is 6.20 Å². The van der Waals surface area contributed by atoms with Gasteiger partial charge in [-0.25, -0.2) is 0 Å². The van der Waals surface area contributed by atoms with Crippen molar-refractivity contribution >= 4 is 10.9 Å². The van der Waals surface area contributed by atoms with Gasteiger partial charge in [-0.05, 0) is 24.2 Å². The fourth-order valence-electron chi connectivity index (χ4n) is 1.37. The second-order valence-corrected chi connectivity index (χ2v) is 3.07. The SMILES string of the molecule is CCNCc1ccc2[nH]ncc2c1. The third-order valence-electron chi connectivity index (χ3n) is 2.08. The number of rotatable bonds is 3. The predicted molar refractivity (Wildman–Crippen MR) is 53.5 cm³/mol. The van der Waals surface area contributed by atoms with E-state index >= 15 is 0 Å². The number of fused-ring (bicyclic) bond motifs is 1. The summed E-state index contributed by atoms with van der Waals surface area (Å²) in [4.78, 5) is 0. The Morgan fingerprint density at radius 1 is 1.46 bits per heavy atom. The first kappa shape index (κ1) is 8.26. The largest absolute Gasteiger partial charge is 0.313 e. The fraction of sp³-hybridized carbons (Fsp3) is 0.300. The monoisotopic (exact) mass is 175 g/mol. The van der Waals surface area contributed by atoms with Gasteiger partial charge in [0.1, 0.15) is 0 Å². The minimum atomic E-state index is 0.928. The Morgan fingerprint density at radius 2 is 2.38 bits per heavy atom. The van der Waals surface area contributed by atoms with E-state index in [-0.39, 0.29) is 0 Å². The Kier molecular flexibility index (Phi) is 2.27. The van der Waals surface area contributed by atoms with Crippen molar-refractivity contribution < 1.29 is 0 Å². The highest BCUT2D eigenvalue weighted by molar-refractivity contribution is 5.78. The van der Waals surface area contributed by atoms with E-state index in [4.69, 9.17) is 0 Å². The van der Waals surface area contributed by atoms with E-state index < -0.39 is 0 Å². The Bertz CT molecular complexity index is 392. The summed E-state index contributed by atoms with van der Waals surface area (Å²) in [6.07, 6.45) is 1.85. The molecule has 0 fully saturated rings. The van der Waals surface area contributed by atoms with Gasteiger partial charge in [0, 0.05) is 11.9 Å². The fourth-order valence-corrected chi connectivity index (χ4v) is 1.37. The van der Waals surface area contributed by atoms with Gasteiger partial charge in [-0.15, -0.1) is 0 Å². The number of hydrogen-bond donors (Lipinski definition) is 2. The maximum absolute atomic E-state index is 3.98. The van der Waals surface area contributed by atoms with Crippen LogP contribution in [0.5, 0.6) is 0 Å². The van der Waals surface area contributed by atoms with Crippen LogP contribution in [0.1, 0.15) is 12.5 Å². The molecular weight excluding hydrogens is 162 g/mol. The lowest BCUT2D eigenvalue weighted by molar-refractivity contribution is 0.727. The molecular formula is C10H13N3. The molecule has 2 aromatic rings.